The lowest BCUT2D eigenvalue weighted by molar-refractivity contribution is -0.120. The lowest BCUT2D eigenvalue weighted by atomic mass is 10.2. The van der Waals surface area contributed by atoms with Gasteiger partial charge in [-0.2, -0.15) is 5.54 Å². The number of halogens is 1. The predicted octanol–water partition coefficient (Wildman–Crippen LogP) is 2.64. The number of H-pyrrole nitrogens is 1. The topological polar surface area (TPSA) is 73.0 Å². The molecule has 1 saturated heterocycles. The van der Waals surface area contributed by atoms with E-state index in [0.29, 0.717) is 4.91 Å². The normalized spacial score (nSPS) is 17.0. The number of aromatic nitrogens is 2. The second-order valence-corrected chi connectivity index (χ2v) is 7.08. The molecule has 2 aromatic heterocycles. The summed E-state index contributed by atoms with van der Waals surface area (Å²) in [6.45, 7) is 5.26. The number of nitrogens with zero attached hydrogens (tertiary/aromatic N) is 2. The molecule has 25 heavy (non-hydrogen) atoms. The number of fused-ring (bicyclic) bond motifs is 1. The maximum absolute atomic E-state index is 12.3. The maximum atomic E-state index is 12.3. The first-order valence-corrected chi connectivity index (χ1v) is 9.35. The third kappa shape index (κ3) is 4.13. The largest absolute Gasteiger partial charge is 0.346 e. The minimum absolute atomic E-state index is 0.372. The van der Waals surface area contributed by atoms with Gasteiger partial charge in [0.1, 0.15) is 5.65 Å². The van der Waals surface area contributed by atoms with Gasteiger partial charge >= 0.3 is 0 Å². The predicted molar refractivity (Wildman–Crippen MR) is 100 cm³/mol. The fraction of sp³-hybridized carbons (Fsp3) is 0.412. The molecule has 1 amide bonds. The summed E-state index contributed by atoms with van der Waals surface area (Å²) in [5.74, 6) is 0.0304. The first-order chi connectivity index (χ1) is 12.2. The van der Waals surface area contributed by atoms with Gasteiger partial charge in [0.2, 0.25) is 0 Å². The van der Waals surface area contributed by atoms with E-state index < -0.39 is 5.91 Å². The van der Waals surface area contributed by atoms with Crippen LogP contribution in [0.15, 0.2) is 29.6 Å². The van der Waals surface area contributed by atoms with E-state index in [1.54, 1.807) is 12.4 Å². The summed E-state index contributed by atoms with van der Waals surface area (Å²) in [7, 11) is 0. The van der Waals surface area contributed by atoms with Crippen molar-refractivity contribution in [3.63, 3.8) is 0 Å². The molecule has 0 aliphatic carbocycles. The van der Waals surface area contributed by atoms with Gasteiger partial charge in [-0.3, -0.25) is 4.79 Å². The zero-order valence-corrected chi connectivity index (χ0v) is 15.0. The van der Waals surface area contributed by atoms with Gasteiger partial charge in [0.05, 0.1) is 10.6 Å². The molecule has 0 spiro atoms. The van der Waals surface area contributed by atoms with Crippen LogP contribution in [0.3, 0.4) is 0 Å². The summed E-state index contributed by atoms with van der Waals surface area (Å²) in [4.78, 5) is 21.1. The molecule has 4 heterocycles. The van der Waals surface area contributed by atoms with Crippen molar-refractivity contribution >= 4 is 34.4 Å². The Labute approximate surface area is 150 Å². The highest BCUT2D eigenvalue weighted by Crippen LogP contribution is 2.32. The van der Waals surface area contributed by atoms with E-state index in [0.717, 1.165) is 34.6 Å². The van der Waals surface area contributed by atoms with Crippen LogP contribution in [-0.4, -0.2) is 41.3 Å². The number of nitrogens with one attached hydrogen (secondary N) is 3. The minimum atomic E-state index is -0.698. The van der Waals surface area contributed by atoms with E-state index in [9.17, 15) is 9.28 Å². The summed E-state index contributed by atoms with van der Waals surface area (Å²) in [5.41, 5.74) is 4.05. The second kappa shape index (κ2) is 8.35. The molecule has 3 N–H and O–H groups in total. The highest BCUT2D eigenvalue weighted by Gasteiger charge is 2.20. The van der Waals surface area contributed by atoms with Crippen LogP contribution in [-0.2, 0) is 4.79 Å². The van der Waals surface area contributed by atoms with E-state index in [1.807, 2.05) is 24.1 Å². The minimum Gasteiger partial charge on any atom is -0.346 e. The first-order valence-electron chi connectivity index (χ1n) is 8.36. The Morgan fingerprint density at radius 2 is 2.20 bits per heavy atom. The van der Waals surface area contributed by atoms with Crippen molar-refractivity contribution in [1.82, 2.24) is 20.8 Å². The Hall–Kier alpha value is -2.06. The van der Waals surface area contributed by atoms with Crippen LogP contribution in [0.2, 0.25) is 0 Å². The number of hydrogen-bond donors (Lipinski definition) is 3. The number of anilines is 1. The monoisotopic (exact) mass is 363 g/mol. The van der Waals surface area contributed by atoms with Crippen LogP contribution < -0.4 is 15.8 Å². The Kier molecular flexibility index (Phi) is 5.93. The smallest absolute Gasteiger partial charge is 0.286 e. The van der Waals surface area contributed by atoms with Crippen LogP contribution in [0.1, 0.15) is 18.4 Å². The molecular weight excluding hydrogens is 341 g/mol. The van der Waals surface area contributed by atoms with Gasteiger partial charge in [-0.05, 0) is 44.5 Å². The first kappa shape index (κ1) is 17.8. The molecule has 0 saturated carbocycles. The zero-order chi connectivity index (χ0) is 17.6. The van der Waals surface area contributed by atoms with Crippen molar-refractivity contribution < 1.29 is 9.28 Å². The van der Waals surface area contributed by atoms with E-state index >= 15 is 0 Å². The summed E-state index contributed by atoms with van der Waals surface area (Å²) < 4.78 is 12.3. The number of pyridine rings is 1. The number of carbonyl (C=O) groups excluding carboxylic acids is 1. The van der Waals surface area contributed by atoms with E-state index in [1.165, 1.54) is 43.2 Å². The van der Waals surface area contributed by atoms with Crippen LogP contribution in [0.25, 0.3) is 11.0 Å². The van der Waals surface area contributed by atoms with E-state index in [4.69, 9.17) is 0 Å². The average molecular weight is 363 g/mol. The molecule has 0 bridgehead atoms. The molecule has 0 radical (unpaired) electrons. The molecule has 6 nitrogen and oxygen atoms in total. The number of aromatic amines is 1. The summed E-state index contributed by atoms with van der Waals surface area (Å²) >= 11 is 1.35. The quantitative estimate of drug-likeness (QED) is 0.716. The van der Waals surface area contributed by atoms with Crippen molar-refractivity contribution in [3.05, 3.63) is 35.1 Å². The highest BCUT2D eigenvalue weighted by atomic mass is 32.2. The lowest BCUT2D eigenvalue weighted by Crippen LogP contribution is -2.27. The molecule has 0 unspecified atom stereocenters. The summed E-state index contributed by atoms with van der Waals surface area (Å²) in [6.07, 6.45) is 8.08. The van der Waals surface area contributed by atoms with Crippen LogP contribution in [0.5, 0.6) is 0 Å². The van der Waals surface area contributed by atoms with Gasteiger partial charge in [0.15, 0.2) is 0 Å². The summed E-state index contributed by atoms with van der Waals surface area (Å²) in [6, 6.07) is 1.90. The Balaban J connectivity index is 0.000000314. The van der Waals surface area contributed by atoms with E-state index in [-0.39, 0.29) is 0 Å². The van der Waals surface area contributed by atoms with Crippen molar-refractivity contribution in [2.24, 2.45) is 0 Å². The fourth-order valence-electron chi connectivity index (χ4n) is 2.92. The fourth-order valence-corrected chi connectivity index (χ4v) is 3.80. The van der Waals surface area contributed by atoms with Gasteiger partial charge in [-0.25, -0.2) is 4.98 Å². The average Bonchev–Trinajstić information content (AvgIpc) is 3.35. The van der Waals surface area contributed by atoms with Gasteiger partial charge in [-0.15, -0.1) is 11.8 Å². The third-order valence-corrected chi connectivity index (χ3v) is 5.18. The molecule has 4 rings (SSSR count). The molecule has 2 aromatic rings. The molecule has 0 aromatic carbocycles. The molecule has 0 atom stereocenters. The maximum Gasteiger partial charge on any atom is 0.286 e. The van der Waals surface area contributed by atoms with E-state index in [2.05, 4.69) is 15.3 Å². The van der Waals surface area contributed by atoms with Gasteiger partial charge in [-0.1, -0.05) is 4.48 Å². The lowest BCUT2D eigenvalue weighted by Gasteiger charge is -2.26. The molecule has 2 aliphatic rings. The number of hydrogen-bond acceptors (Lipinski definition) is 5. The van der Waals surface area contributed by atoms with Crippen LogP contribution >= 0.6 is 11.8 Å². The number of thioether (sulfide) groups is 1. The van der Waals surface area contributed by atoms with Crippen LogP contribution in [0, 0.1) is 6.92 Å². The Morgan fingerprint density at radius 1 is 1.40 bits per heavy atom. The standard InChI is InChI=1S/C13H13FN4OS.C4H9N/c1-8-6-16-12-11(8)9(2-3-15-12)18-4-5-20-10(7-18)13(19)17-14;1-2-4-5-3-1/h2-3,6-7H,4-5H2,1H3,(H,15,16)(H,17,19);5H,1-4H2. The zero-order valence-electron chi connectivity index (χ0n) is 14.1. The molecule has 134 valence electrons. The van der Waals surface area contributed by atoms with Crippen molar-refractivity contribution in [1.29, 1.82) is 0 Å². The van der Waals surface area contributed by atoms with Crippen LogP contribution in [0.4, 0.5) is 10.2 Å². The SMILES string of the molecule is C1CCNC1.Cc1c[nH]c2nccc(N3C=C(C(=O)NF)SCC3)c12. The highest BCUT2D eigenvalue weighted by molar-refractivity contribution is 8.04. The molecule has 2 aliphatic heterocycles. The van der Waals surface area contributed by atoms with Crippen molar-refractivity contribution in [2.75, 3.05) is 30.3 Å². The molecular formula is C17H22FN5OS. The van der Waals surface area contributed by atoms with Crippen molar-refractivity contribution in [2.45, 2.75) is 19.8 Å². The second-order valence-electron chi connectivity index (χ2n) is 5.94. The van der Waals surface area contributed by atoms with Gasteiger partial charge in [0, 0.05) is 36.3 Å². The number of amides is 1. The number of carbonyl (C=O) groups is 1. The van der Waals surface area contributed by atoms with Crippen molar-refractivity contribution in [3.8, 4) is 0 Å². The molecule has 1 fully saturated rings. The number of rotatable bonds is 2. The van der Waals surface area contributed by atoms with Gasteiger partial charge in [0.25, 0.3) is 5.91 Å². The Morgan fingerprint density at radius 3 is 2.88 bits per heavy atom. The Bertz CT molecular complexity index is 764. The summed E-state index contributed by atoms with van der Waals surface area (Å²) in [5, 5.41) is 4.25. The molecule has 8 heteroatoms. The third-order valence-electron chi connectivity index (χ3n) is 4.19. The number of aryl methyl sites for hydroxylation is 1. The van der Waals surface area contributed by atoms with Gasteiger partial charge < -0.3 is 15.2 Å².